The van der Waals surface area contributed by atoms with Crippen LogP contribution in [0.25, 0.3) is 0 Å². The fraction of sp³-hybridized carbons (Fsp3) is 0.364. The molecule has 16 heavy (non-hydrogen) atoms. The lowest BCUT2D eigenvalue weighted by atomic mass is 9.89. The summed E-state index contributed by atoms with van der Waals surface area (Å²) < 4.78 is 0. The van der Waals surface area contributed by atoms with E-state index in [2.05, 4.69) is 26.2 Å². The van der Waals surface area contributed by atoms with Gasteiger partial charge in [-0.1, -0.05) is 15.9 Å². The van der Waals surface area contributed by atoms with Gasteiger partial charge in [-0.25, -0.2) is 0 Å². The van der Waals surface area contributed by atoms with Crippen LogP contribution in [0.2, 0.25) is 0 Å². The number of hydrogen-bond acceptors (Lipinski definition) is 3. The van der Waals surface area contributed by atoms with Gasteiger partial charge in [-0.3, -0.25) is 19.9 Å². The summed E-state index contributed by atoms with van der Waals surface area (Å²) in [6, 6.07) is 1.88. The maximum Gasteiger partial charge on any atom is 0.234 e. The molecule has 5 heteroatoms. The predicted octanol–water partition coefficient (Wildman–Crippen LogP) is 1.50. The minimum atomic E-state index is -0.251. The van der Waals surface area contributed by atoms with Gasteiger partial charge in [-0.2, -0.15) is 0 Å². The van der Waals surface area contributed by atoms with Crippen LogP contribution in [0.5, 0.6) is 0 Å². The maximum absolute atomic E-state index is 11.7. The van der Waals surface area contributed by atoms with E-state index >= 15 is 0 Å². The number of aromatic nitrogens is 1. The molecule has 1 fully saturated rings. The van der Waals surface area contributed by atoms with E-state index in [1.807, 2.05) is 6.07 Å². The van der Waals surface area contributed by atoms with Crippen LogP contribution in [0, 0.1) is 0 Å². The van der Waals surface area contributed by atoms with Gasteiger partial charge < -0.3 is 0 Å². The van der Waals surface area contributed by atoms with Gasteiger partial charge in [0.2, 0.25) is 11.8 Å². The normalized spacial score (nSPS) is 20.7. The first-order chi connectivity index (χ1) is 7.72. The van der Waals surface area contributed by atoms with Crippen LogP contribution in [0.3, 0.4) is 0 Å². The second-order valence-corrected chi connectivity index (χ2v) is 4.27. The topological polar surface area (TPSA) is 59.1 Å². The zero-order chi connectivity index (χ0) is 11.5. The third-order valence-electron chi connectivity index (χ3n) is 2.70. The average Bonchev–Trinajstić information content (AvgIpc) is 2.29. The standard InChI is InChI=1S/C11H11BrN2O2/c12-5-7-3-4-13-6-9(7)8-1-2-10(15)14-11(8)16/h3-4,6,8H,1-2,5H2,(H,14,15,16). The molecule has 0 aromatic carbocycles. The Labute approximate surface area is 102 Å². The van der Waals surface area contributed by atoms with Crippen molar-refractivity contribution in [3.63, 3.8) is 0 Å². The summed E-state index contributed by atoms with van der Waals surface area (Å²) in [5.41, 5.74) is 1.95. The summed E-state index contributed by atoms with van der Waals surface area (Å²) in [5.74, 6) is -0.657. The van der Waals surface area contributed by atoms with Gasteiger partial charge in [0.1, 0.15) is 0 Å². The number of rotatable bonds is 2. The Morgan fingerprint density at radius 1 is 1.50 bits per heavy atom. The Kier molecular flexibility index (Phi) is 3.33. The molecule has 1 aromatic rings. The molecule has 84 valence electrons. The van der Waals surface area contributed by atoms with E-state index in [0.717, 1.165) is 11.1 Å². The Balaban J connectivity index is 2.30. The highest BCUT2D eigenvalue weighted by Crippen LogP contribution is 2.27. The summed E-state index contributed by atoms with van der Waals surface area (Å²) >= 11 is 3.38. The fourth-order valence-electron chi connectivity index (χ4n) is 1.86. The Bertz CT molecular complexity index is 434. The number of piperidine rings is 1. The molecular weight excluding hydrogens is 272 g/mol. The Morgan fingerprint density at radius 2 is 2.31 bits per heavy atom. The molecule has 1 aliphatic rings. The van der Waals surface area contributed by atoms with Gasteiger partial charge in [0.15, 0.2) is 0 Å². The van der Waals surface area contributed by atoms with Gasteiger partial charge in [0.05, 0.1) is 5.92 Å². The molecule has 1 atom stereocenters. The first-order valence-electron chi connectivity index (χ1n) is 5.05. The fourth-order valence-corrected chi connectivity index (χ4v) is 2.37. The number of carbonyl (C=O) groups is 2. The number of nitrogens with zero attached hydrogens (tertiary/aromatic N) is 1. The minimum Gasteiger partial charge on any atom is -0.296 e. The second-order valence-electron chi connectivity index (χ2n) is 3.71. The zero-order valence-electron chi connectivity index (χ0n) is 8.57. The number of hydrogen-bond donors (Lipinski definition) is 1. The smallest absolute Gasteiger partial charge is 0.234 e. The first kappa shape index (κ1) is 11.3. The number of amides is 2. The molecule has 2 heterocycles. The molecule has 1 aliphatic heterocycles. The number of nitrogens with one attached hydrogen (secondary N) is 1. The lowest BCUT2D eigenvalue weighted by Gasteiger charge is -2.22. The van der Waals surface area contributed by atoms with Crippen molar-refractivity contribution in [3.8, 4) is 0 Å². The predicted molar refractivity (Wildman–Crippen MR) is 62.0 cm³/mol. The molecule has 1 aromatic heterocycles. The van der Waals surface area contributed by atoms with Crippen molar-refractivity contribution < 1.29 is 9.59 Å². The molecule has 1 saturated heterocycles. The molecule has 0 aliphatic carbocycles. The van der Waals surface area contributed by atoms with Gasteiger partial charge in [-0.05, 0) is 23.6 Å². The molecular formula is C11H11BrN2O2. The van der Waals surface area contributed by atoms with Crippen LogP contribution in [0.4, 0.5) is 0 Å². The van der Waals surface area contributed by atoms with E-state index in [4.69, 9.17) is 0 Å². The molecule has 0 saturated carbocycles. The molecule has 4 nitrogen and oxygen atoms in total. The third kappa shape index (κ3) is 2.14. The van der Waals surface area contributed by atoms with Crippen molar-refractivity contribution in [1.29, 1.82) is 0 Å². The van der Waals surface area contributed by atoms with E-state index in [1.165, 1.54) is 0 Å². The van der Waals surface area contributed by atoms with E-state index < -0.39 is 0 Å². The van der Waals surface area contributed by atoms with Crippen molar-refractivity contribution in [1.82, 2.24) is 10.3 Å². The van der Waals surface area contributed by atoms with Crippen molar-refractivity contribution in [2.24, 2.45) is 0 Å². The van der Waals surface area contributed by atoms with Crippen LogP contribution in [0.15, 0.2) is 18.5 Å². The molecule has 2 amide bonds. The number of halogens is 1. The summed E-state index contributed by atoms with van der Waals surface area (Å²) in [7, 11) is 0. The van der Waals surface area contributed by atoms with Crippen molar-refractivity contribution in [3.05, 3.63) is 29.6 Å². The van der Waals surface area contributed by atoms with Crippen molar-refractivity contribution in [2.75, 3.05) is 0 Å². The van der Waals surface area contributed by atoms with Gasteiger partial charge in [0.25, 0.3) is 0 Å². The maximum atomic E-state index is 11.7. The highest BCUT2D eigenvalue weighted by atomic mass is 79.9. The highest BCUT2D eigenvalue weighted by Gasteiger charge is 2.29. The number of imide groups is 1. The molecule has 0 radical (unpaired) electrons. The minimum absolute atomic E-state index is 0.189. The van der Waals surface area contributed by atoms with Crippen LogP contribution < -0.4 is 5.32 Å². The van der Waals surface area contributed by atoms with Crippen LogP contribution in [-0.2, 0) is 14.9 Å². The summed E-state index contributed by atoms with van der Waals surface area (Å²) in [4.78, 5) is 26.8. The lowest BCUT2D eigenvalue weighted by molar-refractivity contribution is -0.134. The van der Waals surface area contributed by atoms with Crippen molar-refractivity contribution in [2.45, 2.75) is 24.1 Å². The molecule has 1 N–H and O–H groups in total. The van der Waals surface area contributed by atoms with E-state index in [9.17, 15) is 9.59 Å². The van der Waals surface area contributed by atoms with Crippen molar-refractivity contribution >= 4 is 27.7 Å². The summed E-state index contributed by atoms with van der Waals surface area (Å²) in [6.07, 6.45) is 4.37. The van der Waals surface area contributed by atoms with Gasteiger partial charge >= 0.3 is 0 Å². The average molecular weight is 283 g/mol. The van der Waals surface area contributed by atoms with Crippen LogP contribution in [-0.4, -0.2) is 16.8 Å². The quantitative estimate of drug-likeness (QED) is 0.661. The first-order valence-corrected chi connectivity index (χ1v) is 6.17. The Morgan fingerprint density at radius 3 is 3.00 bits per heavy atom. The van der Waals surface area contributed by atoms with Crippen LogP contribution in [0.1, 0.15) is 29.9 Å². The highest BCUT2D eigenvalue weighted by molar-refractivity contribution is 9.08. The number of alkyl halides is 1. The number of pyridine rings is 1. The SMILES string of the molecule is O=C1CCC(c2cnccc2CBr)C(=O)N1. The number of carbonyl (C=O) groups excluding carboxylic acids is 2. The summed E-state index contributed by atoms with van der Waals surface area (Å²) in [5, 5.41) is 3.04. The second kappa shape index (κ2) is 4.74. The van der Waals surface area contributed by atoms with Crippen LogP contribution >= 0.6 is 15.9 Å². The van der Waals surface area contributed by atoms with E-state index in [1.54, 1.807) is 12.4 Å². The molecule has 0 bridgehead atoms. The molecule has 1 unspecified atom stereocenters. The monoisotopic (exact) mass is 282 g/mol. The zero-order valence-corrected chi connectivity index (χ0v) is 10.2. The van der Waals surface area contributed by atoms with E-state index in [-0.39, 0.29) is 17.7 Å². The lowest BCUT2D eigenvalue weighted by Crippen LogP contribution is -2.39. The molecule has 0 spiro atoms. The summed E-state index contributed by atoms with van der Waals surface area (Å²) in [6.45, 7) is 0. The molecule has 2 rings (SSSR count). The van der Waals surface area contributed by atoms with Gasteiger partial charge in [0, 0.05) is 24.1 Å². The third-order valence-corrected chi connectivity index (χ3v) is 3.31. The largest absolute Gasteiger partial charge is 0.296 e. The van der Waals surface area contributed by atoms with Gasteiger partial charge in [-0.15, -0.1) is 0 Å². The Hall–Kier alpha value is -1.23. The van der Waals surface area contributed by atoms with E-state index in [0.29, 0.717) is 18.2 Å².